The summed E-state index contributed by atoms with van der Waals surface area (Å²) in [5.41, 5.74) is 0.983. The van der Waals surface area contributed by atoms with Crippen molar-refractivity contribution >= 4 is 50.1 Å². The molecule has 8 heteroatoms. The van der Waals surface area contributed by atoms with Crippen molar-refractivity contribution in [1.29, 1.82) is 0 Å². The van der Waals surface area contributed by atoms with Gasteiger partial charge in [-0.25, -0.2) is 0 Å². The molecule has 1 fully saturated rings. The van der Waals surface area contributed by atoms with Gasteiger partial charge < -0.3 is 14.2 Å². The number of methoxy groups -OCH3 is 3. The molecule has 1 aliphatic heterocycles. The normalized spacial score (nSPS) is 17.7. The third-order valence-electron chi connectivity index (χ3n) is 3.44. The molecule has 0 bridgehead atoms. The van der Waals surface area contributed by atoms with Crippen LogP contribution in [-0.4, -0.2) is 54.9 Å². The number of thiocarbonyl (C=S) groups is 1. The molecular weight excluding hydrogens is 402 g/mol. The summed E-state index contributed by atoms with van der Waals surface area (Å²) in [5.74, 6) is 1.30. The number of hydrogen-bond donors (Lipinski definition) is 0. The molecule has 0 N–H and O–H groups in total. The zero-order chi connectivity index (χ0) is 17.0. The fourth-order valence-corrected chi connectivity index (χ4v) is 4.55. The number of hydrogen-bond acceptors (Lipinski definition) is 6. The van der Waals surface area contributed by atoms with E-state index in [2.05, 4.69) is 15.9 Å². The number of rotatable bonds is 7. The zero-order valence-corrected chi connectivity index (χ0v) is 16.3. The Kier molecular flexibility index (Phi) is 6.70. The molecule has 0 radical (unpaired) electrons. The molecule has 1 aliphatic rings. The number of ether oxygens (including phenoxy) is 3. The molecular formula is C15H18BrNO4S2. The quantitative estimate of drug-likeness (QED) is 0.633. The lowest BCUT2D eigenvalue weighted by atomic mass is 10.1. The Bertz CT molecular complexity index is 611. The molecule has 1 aromatic carbocycles. The van der Waals surface area contributed by atoms with Gasteiger partial charge in [-0.2, -0.15) is 0 Å². The van der Waals surface area contributed by atoms with Gasteiger partial charge in [-0.15, -0.1) is 0 Å². The summed E-state index contributed by atoms with van der Waals surface area (Å²) in [6, 6.07) is 3.83. The summed E-state index contributed by atoms with van der Waals surface area (Å²) in [4.78, 5) is 14.1. The van der Waals surface area contributed by atoms with E-state index < -0.39 is 0 Å². The minimum absolute atomic E-state index is 0.0305. The lowest BCUT2D eigenvalue weighted by Gasteiger charge is -2.15. The van der Waals surface area contributed by atoms with Gasteiger partial charge >= 0.3 is 0 Å². The van der Waals surface area contributed by atoms with Crippen LogP contribution < -0.4 is 9.47 Å². The molecule has 23 heavy (non-hydrogen) atoms. The van der Waals surface area contributed by atoms with E-state index in [0.717, 1.165) is 10.0 Å². The zero-order valence-electron chi connectivity index (χ0n) is 13.1. The van der Waals surface area contributed by atoms with Crippen molar-refractivity contribution in [2.45, 2.75) is 11.7 Å². The second kappa shape index (κ2) is 8.32. The van der Waals surface area contributed by atoms with E-state index in [4.69, 9.17) is 26.4 Å². The molecule has 5 nitrogen and oxygen atoms in total. The predicted molar refractivity (Wildman–Crippen MR) is 98.5 cm³/mol. The van der Waals surface area contributed by atoms with Gasteiger partial charge in [0.1, 0.15) is 4.32 Å². The average molecular weight is 420 g/mol. The van der Waals surface area contributed by atoms with Crippen molar-refractivity contribution in [2.24, 2.45) is 0 Å². The number of amides is 1. The van der Waals surface area contributed by atoms with Gasteiger partial charge in [0, 0.05) is 7.11 Å². The monoisotopic (exact) mass is 419 g/mol. The van der Waals surface area contributed by atoms with Gasteiger partial charge in [0.25, 0.3) is 0 Å². The van der Waals surface area contributed by atoms with E-state index in [1.807, 2.05) is 12.1 Å². The molecule has 2 rings (SSSR count). The van der Waals surface area contributed by atoms with Crippen molar-refractivity contribution in [3.8, 4) is 11.5 Å². The van der Waals surface area contributed by atoms with Gasteiger partial charge in [-0.05, 0) is 40.0 Å². The number of thioether (sulfide) groups is 1. The average Bonchev–Trinajstić information content (AvgIpc) is 2.78. The Morgan fingerprint density at radius 3 is 2.65 bits per heavy atom. The van der Waals surface area contributed by atoms with Crippen molar-refractivity contribution in [3.63, 3.8) is 0 Å². The van der Waals surface area contributed by atoms with Gasteiger partial charge in [0.15, 0.2) is 11.5 Å². The third kappa shape index (κ3) is 4.17. The van der Waals surface area contributed by atoms with Crippen LogP contribution in [-0.2, 0) is 16.0 Å². The first-order chi connectivity index (χ1) is 11.0. The van der Waals surface area contributed by atoms with Crippen LogP contribution in [0, 0.1) is 0 Å². The topological polar surface area (TPSA) is 48.0 Å². The maximum absolute atomic E-state index is 12.5. The maximum Gasteiger partial charge on any atom is 0.242 e. The highest BCUT2D eigenvalue weighted by molar-refractivity contribution is 9.10. The van der Waals surface area contributed by atoms with Crippen LogP contribution in [0.1, 0.15) is 5.56 Å². The molecule has 0 unspecified atom stereocenters. The van der Waals surface area contributed by atoms with Gasteiger partial charge in [-0.3, -0.25) is 9.69 Å². The molecule has 0 saturated carbocycles. The largest absolute Gasteiger partial charge is 0.493 e. The second-order valence-electron chi connectivity index (χ2n) is 4.87. The van der Waals surface area contributed by atoms with Crippen LogP contribution in [0.15, 0.2) is 16.6 Å². The van der Waals surface area contributed by atoms with E-state index in [-0.39, 0.29) is 11.2 Å². The summed E-state index contributed by atoms with van der Waals surface area (Å²) in [6.07, 6.45) is 0.575. The first-order valence-electron chi connectivity index (χ1n) is 6.93. The Morgan fingerprint density at radius 2 is 2.04 bits per heavy atom. The SMILES string of the molecule is COCCN1C(=O)[C@@H](Cc2cc(Br)c(OC)c(OC)c2)SC1=S. The summed E-state index contributed by atoms with van der Waals surface area (Å²) in [7, 11) is 4.78. The lowest BCUT2D eigenvalue weighted by Crippen LogP contribution is -2.34. The van der Waals surface area contributed by atoms with E-state index in [9.17, 15) is 4.79 Å². The first kappa shape index (κ1) is 18.5. The van der Waals surface area contributed by atoms with E-state index >= 15 is 0 Å². The molecule has 1 heterocycles. The van der Waals surface area contributed by atoms with Crippen LogP contribution in [0.3, 0.4) is 0 Å². The van der Waals surface area contributed by atoms with E-state index in [1.54, 1.807) is 26.2 Å². The summed E-state index contributed by atoms with van der Waals surface area (Å²) in [6.45, 7) is 0.967. The van der Waals surface area contributed by atoms with Gasteiger partial charge in [0.05, 0.1) is 37.1 Å². The van der Waals surface area contributed by atoms with Crippen LogP contribution in [0.25, 0.3) is 0 Å². The van der Waals surface area contributed by atoms with Crippen molar-refractivity contribution in [1.82, 2.24) is 4.90 Å². The number of halogens is 1. The third-order valence-corrected chi connectivity index (χ3v) is 5.61. The van der Waals surface area contributed by atoms with Crippen LogP contribution in [0.4, 0.5) is 0 Å². The Labute approximate surface area is 153 Å². The highest BCUT2D eigenvalue weighted by Crippen LogP contribution is 2.38. The predicted octanol–water partition coefficient (Wildman–Crippen LogP) is 2.88. The molecule has 0 aliphatic carbocycles. The van der Waals surface area contributed by atoms with Gasteiger partial charge in [-0.1, -0.05) is 24.0 Å². The molecule has 1 amide bonds. The molecule has 1 saturated heterocycles. The molecule has 0 aromatic heterocycles. The maximum atomic E-state index is 12.5. The van der Waals surface area contributed by atoms with Gasteiger partial charge in [0.2, 0.25) is 5.91 Å². The fraction of sp³-hybridized carbons (Fsp3) is 0.467. The number of carbonyl (C=O) groups is 1. The van der Waals surface area contributed by atoms with E-state index in [1.165, 1.54) is 11.8 Å². The Morgan fingerprint density at radius 1 is 1.30 bits per heavy atom. The minimum Gasteiger partial charge on any atom is -0.493 e. The number of nitrogens with zero attached hydrogens (tertiary/aromatic N) is 1. The van der Waals surface area contributed by atoms with Crippen LogP contribution in [0.2, 0.25) is 0 Å². The van der Waals surface area contributed by atoms with Crippen molar-refractivity contribution in [2.75, 3.05) is 34.5 Å². The minimum atomic E-state index is -0.218. The smallest absolute Gasteiger partial charge is 0.242 e. The van der Waals surface area contributed by atoms with Crippen molar-refractivity contribution in [3.05, 3.63) is 22.2 Å². The lowest BCUT2D eigenvalue weighted by molar-refractivity contribution is -0.126. The van der Waals surface area contributed by atoms with E-state index in [0.29, 0.717) is 35.4 Å². The highest BCUT2D eigenvalue weighted by atomic mass is 79.9. The molecule has 1 aromatic rings. The number of carbonyl (C=O) groups excluding carboxylic acids is 1. The second-order valence-corrected chi connectivity index (χ2v) is 7.56. The standard InChI is InChI=1S/C15H18BrNO4S2/c1-19-5-4-17-14(18)12(23-15(17)22)8-9-6-10(16)13(21-3)11(7-9)20-2/h6-7,12H,4-5,8H2,1-3H3/t12-/m1/s1. The molecule has 1 atom stereocenters. The van der Waals surface area contributed by atoms with Crippen LogP contribution in [0.5, 0.6) is 11.5 Å². The fourth-order valence-electron chi connectivity index (χ4n) is 2.32. The highest BCUT2D eigenvalue weighted by Gasteiger charge is 2.36. The molecule has 126 valence electrons. The van der Waals surface area contributed by atoms with Crippen LogP contribution >= 0.6 is 39.9 Å². The van der Waals surface area contributed by atoms with Crippen molar-refractivity contribution < 1.29 is 19.0 Å². The molecule has 0 spiro atoms. The number of benzene rings is 1. The summed E-state index contributed by atoms with van der Waals surface area (Å²) >= 11 is 10.2. The first-order valence-corrected chi connectivity index (χ1v) is 9.01. The Balaban J connectivity index is 2.15. The summed E-state index contributed by atoms with van der Waals surface area (Å²) < 4.78 is 17.1. The summed E-state index contributed by atoms with van der Waals surface area (Å²) in [5, 5.41) is -0.218. The Hall–Kier alpha value is -0.830.